The standard InChI is InChI=1S/C14H13F3N2O2/c1-13(2,12(20)21)19-8-9(7-18-19)10-5-3-4-6-11(10)14(15,16)17/h3-8H,1-2H3,(H,20,21). The second-order valence-corrected chi connectivity index (χ2v) is 5.08. The fraction of sp³-hybridized carbons (Fsp3) is 0.286. The van der Waals surface area contributed by atoms with Crippen molar-refractivity contribution >= 4 is 5.97 Å². The molecule has 2 rings (SSSR count). The van der Waals surface area contributed by atoms with Crippen LogP contribution in [0.25, 0.3) is 11.1 Å². The number of carboxylic acid groups (broad SMARTS) is 1. The van der Waals surface area contributed by atoms with Gasteiger partial charge in [0.1, 0.15) is 0 Å². The van der Waals surface area contributed by atoms with Gasteiger partial charge in [-0.05, 0) is 25.5 Å². The Morgan fingerprint density at radius 3 is 2.43 bits per heavy atom. The third-order valence-corrected chi connectivity index (χ3v) is 3.22. The highest BCUT2D eigenvalue weighted by Crippen LogP contribution is 2.37. The Labute approximate surface area is 118 Å². The molecule has 0 radical (unpaired) electrons. The van der Waals surface area contributed by atoms with E-state index in [1.54, 1.807) is 0 Å². The van der Waals surface area contributed by atoms with E-state index in [1.165, 1.54) is 44.4 Å². The monoisotopic (exact) mass is 298 g/mol. The number of hydrogen-bond acceptors (Lipinski definition) is 2. The van der Waals surface area contributed by atoms with Gasteiger partial charge >= 0.3 is 12.1 Å². The number of hydrogen-bond donors (Lipinski definition) is 1. The van der Waals surface area contributed by atoms with Gasteiger partial charge in [-0.25, -0.2) is 4.79 Å². The highest BCUT2D eigenvalue weighted by atomic mass is 19.4. The molecule has 0 fully saturated rings. The molecule has 1 N–H and O–H groups in total. The molecule has 1 heterocycles. The van der Waals surface area contributed by atoms with Crippen LogP contribution in [0, 0.1) is 0 Å². The highest BCUT2D eigenvalue weighted by Gasteiger charge is 2.34. The molecular weight excluding hydrogens is 285 g/mol. The lowest BCUT2D eigenvalue weighted by Crippen LogP contribution is -2.35. The first-order chi connectivity index (χ1) is 9.64. The quantitative estimate of drug-likeness (QED) is 0.945. The Morgan fingerprint density at radius 1 is 1.24 bits per heavy atom. The van der Waals surface area contributed by atoms with Crippen molar-refractivity contribution in [2.45, 2.75) is 25.6 Å². The van der Waals surface area contributed by atoms with Crippen LogP contribution in [-0.4, -0.2) is 20.9 Å². The molecule has 1 aromatic heterocycles. The van der Waals surface area contributed by atoms with Crippen molar-refractivity contribution in [3.05, 3.63) is 42.2 Å². The van der Waals surface area contributed by atoms with Gasteiger partial charge in [-0.1, -0.05) is 18.2 Å². The molecule has 0 saturated carbocycles. The molecule has 0 spiro atoms. The minimum atomic E-state index is -4.49. The van der Waals surface area contributed by atoms with Gasteiger partial charge in [-0.3, -0.25) is 4.68 Å². The maximum absolute atomic E-state index is 13.0. The molecule has 0 bridgehead atoms. The van der Waals surface area contributed by atoms with Gasteiger partial charge in [0, 0.05) is 11.8 Å². The Balaban J connectivity index is 2.51. The summed E-state index contributed by atoms with van der Waals surface area (Å²) in [5.74, 6) is -1.12. The number of rotatable bonds is 3. The molecule has 21 heavy (non-hydrogen) atoms. The van der Waals surface area contributed by atoms with Crippen molar-refractivity contribution in [2.75, 3.05) is 0 Å². The molecule has 0 saturated heterocycles. The zero-order valence-electron chi connectivity index (χ0n) is 11.3. The number of aliphatic carboxylic acids is 1. The van der Waals surface area contributed by atoms with Crippen LogP contribution >= 0.6 is 0 Å². The lowest BCUT2D eigenvalue weighted by molar-refractivity contribution is -0.146. The number of benzene rings is 1. The molecular formula is C14H13F3N2O2. The Bertz CT molecular complexity index is 675. The van der Waals surface area contributed by atoms with Crippen molar-refractivity contribution in [3.8, 4) is 11.1 Å². The Hall–Kier alpha value is -2.31. The first kappa shape index (κ1) is 15.1. The average molecular weight is 298 g/mol. The first-order valence-electron chi connectivity index (χ1n) is 6.09. The summed E-state index contributed by atoms with van der Waals surface area (Å²) in [4.78, 5) is 11.2. The van der Waals surface area contributed by atoms with E-state index in [1.807, 2.05) is 0 Å². The third kappa shape index (κ3) is 2.76. The largest absolute Gasteiger partial charge is 0.479 e. The SMILES string of the molecule is CC(C)(C(=O)O)n1cc(-c2ccccc2C(F)(F)F)cn1. The predicted molar refractivity (Wildman–Crippen MR) is 69.6 cm³/mol. The molecule has 1 aromatic carbocycles. The fourth-order valence-electron chi connectivity index (χ4n) is 1.85. The van der Waals surface area contributed by atoms with E-state index >= 15 is 0 Å². The minimum Gasteiger partial charge on any atom is -0.479 e. The second kappa shape index (κ2) is 4.91. The molecule has 0 aliphatic heterocycles. The highest BCUT2D eigenvalue weighted by molar-refractivity contribution is 5.76. The topological polar surface area (TPSA) is 55.1 Å². The molecule has 0 unspecified atom stereocenters. The van der Waals surface area contributed by atoms with E-state index in [9.17, 15) is 18.0 Å². The summed E-state index contributed by atoms with van der Waals surface area (Å²) in [5, 5.41) is 13.0. The maximum atomic E-state index is 13.0. The Morgan fingerprint density at radius 2 is 1.86 bits per heavy atom. The van der Waals surface area contributed by atoms with Gasteiger partial charge in [0.15, 0.2) is 5.54 Å². The lowest BCUT2D eigenvalue weighted by atomic mass is 10.0. The van der Waals surface area contributed by atoms with E-state index in [2.05, 4.69) is 5.10 Å². The van der Waals surface area contributed by atoms with Gasteiger partial charge in [-0.2, -0.15) is 18.3 Å². The van der Waals surface area contributed by atoms with Crippen LogP contribution in [0.3, 0.4) is 0 Å². The van der Waals surface area contributed by atoms with Crippen LogP contribution in [0.1, 0.15) is 19.4 Å². The predicted octanol–water partition coefficient (Wildman–Crippen LogP) is 3.39. The molecule has 4 nitrogen and oxygen atoms in total. The lowest BCUT2D eigenvalue weighted by Gasteiger charge is -2.19. The van der Waals surface area contributed by atoms with Crippen LogP contribution in [0.5, 0.6) is 0 Å². The minimum absolute atomic E-state index is 0.0301. The number of carbonyl (C=O) groups is 1. The Kier molecular flexibility index (Phi) is 3.52. The number of alkyl halides is 3. The van der Waals surface area contributed by atoms with Crippen LogP contribution in [0.15, 0.2) is 36.7 Å². The van der Waals surface area contributed by atoms with Crippen LogP contribution in [0.4, 0.5) is 13.2 Å². The van der Waals surface area contributed by atoms with Gasteiger partial charge in [-0.15, -0.1) is 0 Å². The van der Waals surface area contributed by atoms with Gasteiger partial charge < -0.3 is 5.11 Å². The smallest absolute Gasteiger partial charge is 0.417 e. The molecule has 0 aliphatic rings. The van der Waals surface area contributed by atoms with Crippen molar-refractivity contribution in [1.82, 2.24) is 9.78 Å². The summed E-state index contributed by atoms with van der Waals surface area (Å²) < 4.78 is 40.1. The van der Waals surface area contributed by atoms with Gasteiger partial charge in [0.2, 0.25) is 0 Å². The van der Waals surface area contributed by atoms with Crippen molar-refractivity contribution < 1.29 is 23.1 Å². The summed E-state index contributed by atoms with van der Waals surface area (Å²) in [6.07, 6.45) is -1.95. The molecule has 0 amide bonds. The summed E-state index contributed by atoms with van der Waals surface area (Å²) in [6, 6.07) is 5.11. The van der Waals surface area contributed by atoms with E-state index in [4.69, 9.17) is 5.11 Å². The fourth-order valence-corrected chi connectivity index (χ4v) is 1.85. The van der Waals surface area contributed by atoms with Crippen LogP contribution in [-0.2, 0) is 16.5 Å². The molecule has 112 valence electrons. The molecule has 7 heteroatoms. The van der Waals surface area contributed by atoms with E-state index < -0.39 is 23.2 Å². The second-order valence-electron chi connectivity index (χ2n) is 5.08. The maximum Gasteiger partial charge on any atom is 0.417 e. The summed E-state index contributed by atoms with van der Waals surface area (Å²) >= 11 is 0. The zero-order chi connectivity index (χ0) is 15.8. The van der Waals surface area contributed by atoms with Crippen molar-refractivity contribution in [3.63, 3.8) is 0 Å². The summed E-state index contributed by atoms with van der Waals surface area (Å²) in [7, 11) is 0. The summed E-state index contributed by atoms with van der Waals surface area (Å²) in [6.45, 7) is 2.84. The van der Waals surface area contributed by atoms with Crippen molar-refractivity contribution in [2.24, 2.45) is 0 Å². The van der Waals surface area contributed by atoms with Gasteiger partial charge in [0.25, 0.3) is 0 Å². The first-order valence-corrected chi connectivity index (χ1v) is 6.09. The zero-order valence-corrected chi connectivity index (χ0v) is 11.3. The average Bonchev–Trinajstić information content (AvgIpc) is 2.87. The number of aromatic nitrogens is 2. The van der Waals surface area contributed by atoms with E-state index in [0.717, 1.165) is 10.7 Å². The molecule has 0 atom stereocenters. The van der Waals surface area contributed by atoms with Crippen molar-refractivity contribution in [1.29, 1.82) is 0 Å². The molecule has 0 aliphatic carbocycles. The number of halogens is 3. The van der Waals surface area contributed by atoms with E-state index in [0.29, 0.717) is 0 Å². The van der Waals surface area contributed by atoms with Gasteiger partial charge in [0.05, 0.1) is 11.8 Å². The summed E-state index contributed by atoms with van der Waals surface area (Å²) in [5.41, 5.74) is -1.93. The van der Waals surface area contributed by atoms with E-state index in [-0.39, 0.29) is 11.1 Å². The normalized spacial score (nSPS) is 12.4. The number of nitrogens with zero attached hydrogens (tertiary/aromatic N) is 2. The number of carboxylic acids is 1. The van der Waals surface area contributed by atoms with Crippen LogP contribution < -0.4 is 0 Å². The third-order valence-electron chi connectivity index (χ3n) is 3.22. The van der Waals surface area contributed by atoms with Crippen LogP contribution in [0.2, 0.25) is 0 Å². The molecule has 2 aromatic rings.